The van der Waals surface area contributed by atoms with Crippen molar-refractivity contribution < 1.29 is 81.6 Å². The predicted octanol–water partition coefficient (Wildman–Crippen LogP) is 11.0. The van der Waals surface area contributed by atoms with Gasteiger partial charge in [-0.2, -0.15) is 0 Å². The van der Waals surface area contributed by atoms with Crippen LogP contribution in [-0.4, -0.2) is 171 Å². The summed E-state index contributed by atoms with van der Waals surface area (Å²) in [5.41, 5.74) is 3.22. The van der Waals surface area contributed by atoms with E-state index in [0.717, 1.165) is 0 Å². The van der Waals surface area contributed by atoms with Gasteiger partial charge in [-0.1, -0.05) is 0 Å². The van der Waals surface area contributed by atoms with Crippen molar-refractivity contribution in [3.63, 3.8) is 0 Å². The quantitative estimate of drug-likeness (QED) is 0.0112. The van der Waals surface area contributed by atoms with Crippen LogP contribution < -0.4 is 27.0 Å². The summed E-state index contributed by atoms with van der Waals surface area (Å²) < 4.78 is 21.1. The molecule has 6 amide bonds. The van der Waals surface area contributed by atoms with Crippen molar-refractivity contribution in [3.8, 4) is 21.4 Å². The molecule has 2 saturated carbocycles. The van der Waals surface area contributed by atoms with E-state index in [1.807, 2.05) is 40.0 Å². The molecule has 8 rings (SSSR count). The van der Waals surface area contributed by atoms with E-state index in [1.165, 1.54) is 72.7 Å². The minimum atomic E-state index is -1.11. The number of likely N-dealkylation sites (tertiary alicyclic amines) is 2. The molecule has 6 heterocycles. The van der Waals surface area contributed by atoms with Crippen LogP contribution in [0.1, 0.15) is 218 Å². The number of aryl methyl sites for hydroxylation is 2. The minimum absolute atomic E-state index is 0.0429. The molecule has 0 aromatic carbocycles. The maximum atomic E-state index is 13.1. The van der Waals surface area contributed by atoms with Crippen LogP contribution in [0, 0.1) is 0 Å². The molecule has 4 aromatic rings. The van der Waals surface area contributed by atoms with Crippen LogP contribution in [0.15, 0.2) is 45.1 Å². The Labute approximate surface area is 604 Å². The molecule has 2 saturated heterocycles. The maximum absolute atomic E-state index is 13.1. The monoisotopic (exact) mass is 1480 g/mol. The van der Waals surface area contributed by atoms with Crippen LogP contribution in [0.4, 0.5) is 19.2 Å². The van der Waals surface area contributed by atoms with Crippen molar-refractivity contribution in [1.29, 1.82) is 0 Å². The molecule has 28 nitrogen and oxygen atoms in total. The number of hydrogen-bond acceptors (Lipinski definition) is 25. The van der Waals surface area contributed by atoms with Crippen molar-refractivity contribution in [1.82, 2.24) is 51.0 Å². The predicted molar refractivity (Wildman–Crippen MR) is 380 cm³/mol. The van der Waals surface area contributed by atoms with Crippen LogP contribution in [0.5, 0.6) is 0 Å². The van der Waals surface area contributed by atoms with Gasteiger partial charge < -0.3 is 51.1 Å². The maximum Gasteiger partial charge on any atom is 0.414 e. The number of alkyl carbamates (subject to hydrolysis) is 2. The number of thiazole rings is 4. The highest BCUT2D eigenvalue weighted by atomic mass is 32.1. The normalized spacial score (nSPS) is 17.5. The van der Waals surface area contributed by atoms with Gasteiger partial charge in [-0.25, -0.2) is 43.9 Å². The average molecular weight is 1480 g/mol. The Morgan fingerprint density at radius 3 is 1.30 bits per heavy atom. The molecule has 32 heteroatoms. The van der Waals surface area contributed by atoms with Crippen LogP contribution in [0.25, 0.3) is 21.4 Å². The van der Waals surface area contributed by atoms with E-state index in [2.05, 4.69) is 41.2 Å². The molecule has 2 aliphatic heterocycles. The first-order valence-electron chi connectivity index (χ1n) is 33.5. The summed E-state index contributed by atoms with van der Waals surface area (Å²) >= 11 is 5.20. The SMILES string of the molecule is CC(C)(C)OC(=O)NCCN.C[C@H]1CC/C(=C/C(=O)NC2(C(=O)CC(=O)CCc3nc(-c4nc(C(=O)CCCNC(=O)OC(C)(C)C)cs4)cs3)CC2)N1C(=O)OC(C)(C)C.C[C@H]1CC/C(=C/C(=O)NC2(C(=O)CC(=O)CCc3nc(-c4nc(C(=O)O)cs4)cs3)CC2)N1C(=O)OC(C)(C)C. The lowest BCUT2D eigenvalue weighted by atomic mass is 10.0. The fourth-order valence-corrected chi connectivity index (χ4v) is 13.4. The molecule has 2 aliphatic carbocycles. The van der Waals surface area contributed by atoms with Gasteiger partial charge in [0.15, 0.2) is 23.0 Å². The number of hydrogen-bond donors (Lipinski definition) is 6. The molecule has 552 valence electrons. The first-order chi connectivity index (χ1) is 47.1. The number of Topliss-reactive ketones (excluding diaryl/α,β-unsaturated/α-hetero) is 5. The summed E-state index contributed by atoms with van der Waals surface area (Å²) in [7, 11) is 0. The van der Waals surface area contributed by atoms with Crippen molar-refractivity contribution in [2.75, 3.05) is 19.6 Å². The lowest BCUT2D eigenvalue weighted by Gasteiger charge is -2.28. The number of allylic oxidation sites excluding steroid dienone is 2. The second-order valence-corrected chi connectivity index (χ2v) is 32.6. The standard InChI is InChI=1S/C35H47N5O8S2.C27H32N4O7S2.C7H16N2O2/c1-21-10-11-22(40(21)32(46)48-34(5,6)7)17-28(44)39-35(14-15-35)27(43)18-23(41)12-13-29-37-25(20-49-29)30-38-24(19-50-30)26(42)9-8-16-36-31(45)47-33(2,3)4;1-15-5-6-16(31(15)25(37)38-26(2,3)4)11-21(34)30-27(9-10-27)20(33)12-17(32)7-8-22-28-18(13-39-22)23-29-19(14-40-23)24(35)36;1-7(2,3)11-6(10)9-5-4-8/h17,19-21H,8-16,18H2,1-7H3,(H,36,45)(H,39,44);11,13-15H,5-10,12H2,1-4H3,(H,30,34)(H,35,36);4-5,8H2,1-3H3,(H,9,10)/b22-17-;16-11-;/t21-;15-;/m00./s1. The van der Waals surface area contributed by atoms with Gasteiger partial charge in [0.05, 0.1) is 33.9 Å². The third-order valence-electron chi connectivity index (χ3n) is 15.3. The van der Waals surface area contributed by atoms with Crippen LogP contribution in [0.3, 0.4) is 0 Å². The number of nitrogens with one attached hydrogen (secondary N) is 4. The highest BCUT2D eigenvalue weighted by Crippen LogP contribution is 2.40. The van der Waals surface area contributed by atoms with Crippen LogP contribution in [-0.2, 0) is 60.6 Å². The molecule has 2 atom stereocenters. The van der Waals surface area contributed by atoms with E-state index < -0.39 is 75.6 Å². The highest BCUT2D eigenvalue weighted by molar-refractivity contribution is 7.14. The number of carbonyl (C=O) groups excluding carboxylic acids is 11. The zero-order chi connectivity index (χ0) is 75.0. The van der Waals surface area contributed by atoms with Gasteiger partial charge >= 0.3 is 30.3 Å². The van der Waals surface area contributed by atoms with E-state index >= 15 is 0 Å². The Hall–Kier alpha value is -8.20. The van der Waals surface area contributed by atoms with E-state index in [-0.39, 0.29) is 78.8 Å². The minimum Gasteiger partial charge on any atom is -0.476 e. The van der Waals surface area contributed by atoms with Gasteiger partial charge in [-0.15, -0.1) is 45.3 Å². The third kappa shape index (κ3) is 26.6. The smallest absolute Gasteiger partial charge is 0.414 e. The molecule has 4 fully saturated rings. The molecular formula is C69H95N11O17S4. The van der Waals surface area contributed by atoms with Gasteiger partial charge in [0, 0.05) is 109 Å². The molecular weight excluding hydrogens is 1380 g/mol. The Morgan fingerprint density at radius 1 is 0.545 bits per heavy atom. The number of carboxylic acids is 1. The largest absolute Gasteiger partial charge is 0.476 e. The zero-order valence-electron chi connectivity index (χ0n) is 59.9. The number of ether oxygens (including phenoxy) is 4. The number of nitrogens with two attached hydrogens (primary N) is 1. The lowest BCUT2D eigenvalue weighted by Crippen LogP contribution is -2.44. The molecule has 4 aromatic heterocycles. The van der Waals surface area contributed by atoms with Gasteiger partial charge in [0.1, 0.15) is 61.1 Å². The second-order valence-electron chi connectivity index (χ2n) is 29.0. The van der Waals surface area contributed by atoms with Gasteiger partial charge in [0.2, 0.25) is 11.8 Å². The molecule has 0 unspecified atom stereocenters. The Bertz CT molecular complexity index is 3760. The Balaban J connectivity index is 0.000000281. The van der Waals surface area contributed by atoms with E-state index in [1.54, 1.807) is 73.1 Å². The number of carbonyl (C=O) groups is 12. The van der Waals surface area contributed by atoms with Crippen LogP contribution in [0.2, 0.25) is 0 Å². The number of carboxylic acid groups (broad SMARTS) is 1. The molecule has 0 radical (unpaired) electrons. The van der Waals surface area contributed by atoms with Crippen LogP contribution >= 0.6 is 45.3 Å². The third-order valence-corrected chi connectivity index (χ3v) is 18.8. The number of ketones is 5. The fraction of sp³-hybridized carbons (Fsp3) is 0.594. The van der Waals surface area contributed by atoms with E-state index in [9.17, 15) is 57.5 Å². The summed E-state index contributed by atoms with van der Waals surface area (Å²) in [6, 6.07) is -0.228. The molecule has 0 bridgehead atoms. The van der Waals surface area contributed by atoms with E-state index in [4.69, 9.17) is 29.8 Å². The van der Waals surface area contributed by atoms with Gasteiger partial charge in [0.25, 0.3) is 0 Å². The summed E-state index contributed by atoms with van der Waals surface area (Å²) in [6.45, 7) is 26.4. The number of aromatic carboxylic acids is 1. The summed E-state index contributed by atoms with van der Waals surface area (Å²) in [4.78, 5) is 169. The molecule has 0 spiro atoms. The summed E-state index contributed by atoms with van der Waals surface area (Å²) in [6.07, 6.45) is 6.06. The molecule has 101 heavy (non-hydrogen) atoms. The zero-order valence-corrected chi connectivity index (χ0v) is 63.2. The van der Waals surface area contributed by atoms with Crippen molar-refractivity contribution >= 4 is 116 Å². The first kappa shape index (κ1) is 81.8. The second kappa shape index (κ2) is 35.1. The van der Waals surface area contributed by atoms with Gasteiger partial charge in [-0.3, -0.25) is 43.4 Å². The lowest BCUT2D eigenvalue weighted by molar-refractivity contribution is -0.131. The van der Waals surface area contributed by atoms with E-state index in [0.29, 0.717) is 139 Å². The Kier molecular flexibility index (Phi) is 28.4. The molecule has 7 N–H and O–H groups in total. The van der Waals surface area contributed by atoms with Gasteiger partial charge in [-0.05, 0) is 155 Å². The number of amides is 6. The Morgan fingerprint density at radius 2 is 0.931 bits per heavy atom. The number of nitrogens with zero attached hydrogens (tertiary/aromatic N) is 6. The fourth-order valence-electron chi connectivity index (χ4n) is 10.1. The molecule has 4 aliphatic rings. The highest BCUT2D eigenvalue weighted by Gasteiger charge is 2.52. The topological polar surface area (TPSA) is 394 Å². The average Bonchev–Trinajstić information content (AvgIpc) is 1.63. The van der Waals surface area contributed by atoms with Crippen molar-refractivity contribution in [2.24, 2.45) is 5.73 Å². The number of rotatable bonds is 26. The van der Waals surface area contributed by atoms with Crippen molar-refractivity contribution in [2.45, 2.75) is 245 Å². The first-order valence-corrected chi connectivity index (χ1v) is 37.0. The van der Waals surface area contributed by atoms with Crippen molar-refractivity contribution in [3.05, 3.63) is 66.5 Å². The summed E-state index contributed by atoms with van der Waals surface area (Å²) in [5, 5.41) is 28.9. The summed E-state index contributed by atoms with van der Waals surface area (Å²) in [5.74, 6) is -3.32. The number of aromatic nitrogens is 4.